The lowest BCUT2D eigenvalue weighted by Gasteiger charge is -1.98. The highest BCUT2D eigenvalue weighted by Crippen LogP contribution is 2.14. The van der Waals surface area contributed by atoms with Crippen LogP contribution in [-0.2, 0) is 0 Å². The Balaban J connectivity index is 0.000000197. The summed E-state index contributed by atoms with van der Waals surface area (Å²) in [6.45, 7) is 0. The second kappa shape index (κ2) is 7.45. The summed E-state index contributed by atoms with van der Waals surface area (Å²) in [6.07, 6.45) is 3.50. The number of hydrogen-bond donors (Lipinski definition) is 0. The molecule has 0 aliphatic heterocycles. The van der Waals surface area contributed by atoms with Crippen molar-refractivity contribution < 1.29 is 0 Å². The quantitative estimate of drug-likeness (QED) is 0.444. The van der Waals surface area contributed by atoms with Crippen LogP contribution < -0.4 is 0 Å². The Labute approximate surface area is 133 Å². The van der Waals surface area contributed by atoms with E-state index in [1.807, 2.05) is 66.7 Å². The van der Waals surface area contributed by atoms with Crippen LogP contribution in [-0.4, -0.2) is 15.0 Å². The molecular weight excluding hydrogens is 326 g/mol. The predicted molar refractivity (Wildman–Crippen MR) is 91.6 cm³/mol. The molecule has 4 heteroatoms. The van der Waals surface area contributed by atoms with Crippen LogP contribution in [0.3, 0.4) is 0 Å². The molecule has 0 spiro atoms. The predicted octanol–water partition coefficient (Wildman–Crippen LogP) is 4.44. The summed E-state index contributed by atoms with van der Waals surface area (Å²) in [5, 5.41) is 0. The fraction of sp³-hybridized carbons (Fsp3) is 0. The number of hydrogen-bond acceptors (Lipinski definition) is 3. The summed E-state index contributed by atoms with van der Waals surface area (Å²) in [6, 6.07) is 21.6. The Morgan fingerprint density at radius 3 is 1.10 bits per heavy atom. The fourth-order valence-electron chi connectivity index (χ4n) is 1.88. The van der Waals surface area contributed by atoms with Gasteiger partial charge >= 0.3 is 0 Å². The van der Waals surface area contributed by atoms with Crippen molar-refractivity contribution >= 4 is 39.0 Å². The van der Waals surface area contributed by atoms with Crippen molar-refractivity contribution in [3.05, 3.63) is 79.1 Å². The molecule has 0 aliphatic rings. The second-order valence-electron chi connectivity index (χ2n) is 4.23. The van der Waals surface area contributed by atoms with E-state index in [2.05, 4.69) is 15.0 Å². The number of fused-ring (bicyclic) bond motifs is 2. The Morgan fingerprint density at radius 1 is 0.476 bits per heavy atom. The van der Waals surface area contributed by atoms with Gasteiger partial charge in [-0.3, -0.25) is 4.98 Å². The van der Waals surface area contributed by atoms with Gasteiger partial charge in [0.15, 0.2) is 0 Å². The maximum atomic E-state index is 4.52. The first-order valence-corrected chi connectivity index (χ1v) is 6.40. The third-order valence-corrected chi connectivity index (χ3v) is 2.81. The normalized spacial score (nSPS) is 9.52. The van der Waals surface area contributed by atoms with Crippen molar-refractivity contribution in [2.24, 2.45) is 0 Å². The van der Waals surface area contributed by atoms with Gasteiger partial charge in [0.25, 0.3) is 0 Å². The first-order chi connectivity index (χ1) is 9.93. The van der Waals surface area contributed by atoms with Gasteiger partial charge in [-0.05, 0) is 36.4 Å². The zero-order chi connectivity index (χ0) is 13.6. The molecule has 2 aromatic carbocycles. The standard InChI is InChI=1S/C12H8N2.C5H5N.BrH/c1-2-6-10-9(5-1)13-11-7-3-4-8-12(11)14-10;1-2-4-6-5-3-1;/h1-8H;1-5H;1H. The molecule has 4 rings (SSSR count). The van der Waals surface area contributed by atoms with Crippen LogP contribution >= 0.6 is 17.0 Å². The van der Waals surface area contributed by atoms with E-state index in [1.54, 1.807) is 12.4 Å². The Morgan fingerprint density at radius 2 is 0.857 bits per heavy atom. The molecule has 2 heterocycles. The highest BCUT2D eigenvalue weighted by atomic mass is 79.9. The van der Waals surface area contributed by atoms with Crippen LogP contribution in [0.5, 0.6) is 0 Å². The zero-order valence-corrected chi connectivity index (χ0v) is 13.0. The summed E-state index contributed by atoms with van der Waals surface area (Å²) in [4.78, 5) is 12.8. The molecule has 0 saturated heterocycles. The summed E-state index contributed by atoms with van der Waals surface area (Å²) in [5.74, 6) is 0. The molecule has 2 aromatic heterocycles. The molecule has 0 fully saturated rings. The van der Waals surface area contributed by atoms with Gasteiger partial charge in [0.1, 0.15) is 0 Å². The van der Waals surface area contributed by atoms with Crippen molar-refractivity contribution in [3.63, 3.8) is 0 Å². The average Bonchev–Trinajstić information content (AvgIpc) is 2.55. The average molecular weight is 340 g/mol. The number of pyridine rings is 1. The van der Waals surface area contributed by atoms with Crippen molar-refractivity contribution in [2.75, 3.05) is 0 Å². The molecule has 0 atom stereocenters. The number of aromatic nitrogens is 3. The molecule has 0 N–H and O–H groups in total. The minimum Gasteiger partial charge on any atom is -0.265 e. The summed E-state index contributed by atoms with van der Waals surface area (Å²) in [5.41, 5.74) is 3.80. The molecule has 4 aromatic rings. The van der Waals surface area contributed by atoms with Crippen LogP contribution in [0.4, 0.5) is 0 Å². The van der Waals surface area contributed by atoms with E-state index in [0.29, 0.717) is 0 Å². The van der Waals surface area contributed by atoms with Crippen LogP contribution in [0.15, 0.2) is 79.1 Å². The van der Waals surface area contributed by atoms with Gasteiger partial charge in [-0.2, -0.15) is 0 Å². The van der Waals surface area contributed by atoms with E-state index < -0.39 is 0 Å². The lowest BCUT2D eigenvalue weighted by Crippen LogP contribution is -1.85. The molecule has 0 aliphatic carbocycles. The van der Waals surface area contributed by atoms with E-state index in [0.717, 1.165) is 22.1 Å². The van der Waals surface area contributed by atoms with Crippen molar-refractivity contribution in [3.8, 4) is 0 Å². The molecule has 0 bridgehead atoms. The summed E-state index contributed by atoms with van der Waals surface area (Å²) < 4.78 is 0. The third-order valence-electron chi connectivity index (χ3n) is 2.81. The van der Waals surface area contributed by atoms with E-state index in [4.69, 9.17) is 0 Å². The molecule has 0 unspecified atom stereocenters. The molecule has 21 heavy (non-hydrogen) atoms. The summed E-state index contributed by atoms with van der Waals surface area (Å²) >= 11 is 0. The van der Waals surface area contributed by atoms with Crippen LogP contribution in [0.2, 0.25) is 0 Å². The maximum absolute atomic E-state index is 4.52. The monoisotopic (exact) mass is 339 g/mol. The molecular formula is C17H14BrN3. The number of rotatable bonds is 0. The van der Waals surface area contributed by atoms with Crippen molar-refractivity contribution in [2.45, 2.75) is 0 Å². The number of benzene rings is 2. The lowest BCUT2D eigenvalue weighted by atomic mass is 10.2. The van der Waals surface area contributed by atoms with E-state index >= 15 is 0 Å². The molecule has 3 nitrogen and oxygen atoms in total. The topological polar surface area (TPSA) is 38.7 Å². The Kier molecular flexibility index (Phi) is 5.35. The van der Waals surface area contributed by atoms with E-state index in [-0.39, 0.29) is 17.0 Å². The first-order valence-electron chi connectivity index (χ1n) is 6.40. The minimum atomic E-state index is 0. The van der Waals surface area contributed by atoms with Gasteiger partial charge in [-0.15, -0.1) is 17.0 Å². The Bertz CT molecular complexity index is 687. The lowest BCUT2D eigenvalue weighted by molar-refractivity contribution is 1.33. The van der Waals surface area contributed by atoms with Gasteiger partial charge in [0, 0.05) is 12.4 Å². The molecule has 0 radical (unpaired) electrons. The third kappa shape index (κ3) is 3.83. The highest BCUT2D eigenvalue weighted by Gasteiger charge is 1.98. The van der Waals surface area contributed by atoms with Crippen LogP contribution in [0.1, 0.15) is 0 Å². The Hall–Kier alpha value is -2.33. The smallest absolute Gasteiger partial charge is 0.0894 e. The van der Waals surface area contributed by atoms with Crippen LogP contribution in [0, 0.1) is 0 Å². The van der Waals surface area contributed by atoms with Gasteiger partial charge < -0.3 is 0 Å². The summed E-state index contributed by atoms with van der Waals surface area (Å²) in [7, 11) is 0. The van der Waals surface area contributed by atoms with Gasteiger partial charge in [-0.1, -0.05) is 30.3 Å². The first kappa shape index (κ1) is 15.1. The number of halogens is 1. The number of para-hydroxylation sites is 4. The van der Waals surface area contributed by atoms with Gasteiger partial charge in [0.05, 0.1) is 22.1 Å². The minimum absolute atomic E-state index is 0. The van der Waals surface area contributed by atoms with Crippen molar-refractivity contribution in [1.82, 2.24) is 15.0 Å². The van der Waals surface area contributed by atoms with E-state index in [1.165, 1.54) is 0 Å². The SMILES string of the molecule is Br.c1ccc2nc3ccccc3nc2c1.c1ccncc1. The number of nitrogens with zero attached hydrogens (tertiary/aromatic N) is 3. The molecule has 0 amide bonds. The largest absolute Gasteiger partial charge is 0.265 e. The zero-order valence-electron chi connectivity index (χ0n) is 11.3. The highest BCUT2D eigenvalue weighted by molar-refractivity contribution is 8.93. The van der Waals surface area contributed by atoms with Crippen molar-refractivity contribution in [1.29, 1.82) is 0 Å². The fourth-order valence-corrected chi connectivity index (χ4v) is 1.88. The van der Waals surface area contributed by atoms with Gasteiger partial charge in [-0.25, -0.2) is 9.97 Å². The van der Waals surface area contributed by atoms with Crippen LogP contribution in [0.25, 0.3) is 22.1 Å². The molecule has 0 saturated carbocycles. The maximum Gasteiger partial charge on any atom is 0.0894 e. The van der Waals surface area contributed by atoms with Gasteiger partial charge in [0.2, 0.25) is 0 Å². The second-order valence-corrected chi connectivity index (χ2v) is 4.23. The van der Waals surface area contributed by atoms with E-state index in [9.17, 15) is 0 Å². The molecule has 104 valence electrons.